The van der Waals surface area contributed by atoms with Crippen LogP contribution in [0.25, 0.3) is 11.0 Å². The van der Waals surface area contributed by atoms with E-state index in [0.29, 0.717) is 95.7 Å². The van der Waals surface area contributed by atoms with Crippen LogP contribution in [0.1, 0.15) is 125 Å². The molecule has 418 valence electrons. The Morgan fingerprint density at radius 3 is 2.22 bits per heavy atom. The Morgan fingerprint density at radius 2 is 1.53 bits per heavy atom. The number of aromatic amines is 1. The molecular formula is C59H78ClN11O7. The van der Waals surface area contributed by atoms with E-state index in [1.807, 2.05) is 58.5 Å². The third kappa shape index (κ3) is 11.9. The van der Waals surface area contributed by atoms with Crippen LogP contribution in [0.5, 0.6) is 0 Å². The summed E-state index contributed by atoms with van der Waals surface area (Å²) in [6.45, 7) is 15.4. The third-order valence-electron chi connectivity index (χ3n) is 18.1. The summed E-state index contributed by atoms with van der Waals surface area (Å²) >= 11 is 6.36. The number of alkyl carbamates (subject to hydrolysis) is 1. The topological polar surface area (TPSA) is 189 Å². The van der Waals surface area contributed by atoms with Gasteiger partial charge in [0.15, 0.2) is 0 Å². The fraction of sp³-hybridized carbons (Fsp3) is 0.610. The lowest BCUT2D eigenvalue weighted by molar-refractivity contribution is -0.203. The number of likely N-dealkylation sites (tertiary alicyclic amines) is 1. The van der Waals surface area contributed by atoms with Crippen LogP contribution in [-0.4, -0.2) is 184 Å². The number of fused-ring (bicyclic) bond motifs is 4. The highest BCUT2D eigenvalue weighted by Crippen LogP contribution is 2.50. The van der Waals surface area contributed by atoms with Gasteiger partial charge in [0.05, 0.1) is 29.1 Å². The summed E-state index contributed by atoms with van der Waals surface area (Å²) in [7, 11) is 0. The highest BCUT2D eigenvalue weighted by Gasteiger charge is 2.55. The molecular weight excluding hydrogens is 1010 g/mol. The molecule has 8 fully saturated rings. The SMILES string of the molecule is CC(C)(C)OC(=O)NC1(C(=O)N[C@@H](CCN2CCN(C(=O)C34CCC(CN5CCN(C(=O)c6cccc(C7CCCN(C(=O)C8CC8)C7)c6)CC5)(CC3)OC4)CC2)c2ccc(Cl)cc2)CCN(c2ncnc3[nH]ccc23)CC1. The van der Waals surface area contributed by atoms with E-state index in [-0.39, 0.29) is 41.2 Å². The van der Waals surface area contributed by atoms with Gasteiger partial charge in [0.2, 0.25) is 17.7 Å². The predicted molar refractivity (Wildman–Crippen MR) is 297 cm³/mol. The van der Waals surface area contributed by atoms with Gasteiger partial charge < -0.3 is 44.7 Å². The number of H-pyrrole nitrogens is 1. The second-order valence-electron chi connectivity index (χ2n) is 24.5. The third-order valence-corrected chi connectivity index (χ3v) is 18.3. The summed E-state index contributed by atoms with van der Waals surface area (Å²) in [5.74, 6) is 1.58. The number of piperidine rings is 2. The molecule has 19 heteroatoms. The number of benzene rings is 2. The molecule has 8 aliphatic rings. The van der Waals surface area contributed by atoms with Crippen LogP contribution in [-0.2, 0) is 23.9 Å². The first-order valence-electron chi connectivity index (χ1n) is 28.7. The lowest BCUT2D eigenvalue weighted by Crippen LogP contribution is -2.64. The lowest BCUT2D eigenvalue weighted by atomic mass is 9.65. The minimum atomic E-state index is -1.25. The van der Waals surface area contributed by atoms with Crippen LogP contribution in [0.15, 0.2) is 67.1 Å². The number of aromatic nitrogens is 3. The molecule has 2 aromatic carbocycles. The molecule has 12 rings (SSSR count). The molecule has 18 nitrogen and oxygen atoms in total. The van der Waals surface area contributed by atoms with E-state index in [0.717, 1.165) is 118 Å². The predicted octanol–water partition coefficient (Wildman–Crippen LogP) is 6.77. The van der Waals surface area contributed by atoms with Crippen molar-refractivity contribution in [2.24, 2.45) is 11.3 Å². The monoisotopic (exact) mass is 1090 g/mol. The number of nitrogens with one attached hydrogen (secondary N) is 3. The highest BCUT2D eigenvalue weighted by atomic mass is 35.5. The summed E-state index contributed by atoms with van der Waals surface area (Å²) < 4.78 is 12.5. The van der Waals surface area contributed by atoms with Crippen LogP contribution in [0.3, 0.4) is 0 Å². The minimum absolute atomic E-state index is 0.0733. The first-order valence-corrected chi connectivity index (χ1v) is 29.1. The summed E-state index contributed by atoms with van der Waals surface area (Å²) in [5, 5.41) is 7.88. The number of ether oxygens (including phenoxy) is 2. The van der Waals surface area contributed by atoms with E-state index in [9.17, 15) is 24.0 Å². The average Bonchev–Trinajstić information content (AvgIpc) is 4.33. The number of piperazine rings is 2. The number of nitrogens with zero attached hydrogens (tertiary/aromatic N) is 8. The summed E-state index contributed by atoms with van der Waals surface area (Å²) in [5.41, 5.74) is 0.750. The van der Waals surface area contributed by atoms with Crippen molar-refractivity contribution in [1.29, 1.82) is 0 Å². The van der Waals surface area contributed by atoms with Crippen molar-refractivity contribution in [3.8, 4) is 0 Å². The number of hydrogen-bond donors (Lipinski definition) is 3. The number of amides is 5. The zero-order valence-electron chi connectivity index (χ0n) is 45.8. The Kier molecular flexibility index (Phi) is 15.5. The maximum absolute atomic E-state index is 14.8. The first-order chi connectivity index (χ1) is 37.6. The van der Waals surface area contributed by atoms with Crippen molar-refractivity contribution >= 4 is 58.2 Å². The van der Waals surface area contributed by atoms with E-state index >= 15 is 0 Å². The zero-order valence-corrected chi connectivity index (χ0v) is 46.5. The van der Waals surface area contributed by atoms with Crippen LogP contribution in [0.2, 0.25) is 5.02 Å². The largest absolute Gasteiger partial charge is 0.444 e. The fourth-order valence-electron chi connectivity index (χ4n) is 13.2. The van der Waals surface area contributed by atoms with E-state index < -0.39 is 22.6 Å². The molecule has 78 heavy (non-hydrogen) atoms. The molecule has 6 saturated heterocycles. The minimum Gasteiger partial charge on any atom is -0.444 e. The van der Waals surface area contributed by atoms with Gasteiger partial charge in [-0.1, -0.05) is 35.9 Å². The smallest absolute Gasteiger partial charge is 0.408 e. The standard InChI is InChI=1S/C59H78ClN11O7/c1-56(2,3)78-55(76)65-59(21-26-68(27-22-59)50-47-15-23-61-49(47)62-40-63-50)53(74)64-48(41-11-13-46(60)14-12-41)16-25-66-28-34-70(35-29-66)54(75)57-17-19-58(20-18-57,77-39-57)38-67-30-32-69(33-31-67)52(73)44-7-4-6-43(36-44)45-8-5-24-71(37-45)51(72)42-9-10-42/h4,6-7,11-15,23,36,40,42,45,48H,5,8-10,16-22,24-35,37-39H2,1-3H3,(H,64,74)(H,65,76)(H,61,62,63)/t45?,48-,57?,58?/m0/s1. The quantitative estimate of drug-likeness (QED) is 0.120. The zero-order chi connectivity index (χ0) is 54.2. The maximum atomic E-state index is 14.8. The van der Waals surface area contributed by atoms with Crippen LogP contribution >= 0.6 is 11.6 Å². The molecule has 5 amide bonds. The van der Waals surface area contributed by atoms with Gasteiger partial charge in [0, 0.05) is 120 Å². The summed E-state index contributed by atoms with van der Waals surface area (Å²) in [6.07, 6.45) is 11.4. The van der Waals surface area contributed by atoms with Crippen LogP contribution in [0, 0.1) is 11.3 Å². The second-order valence-corrected chi connectivity index (χ2v) is 24.9. The number of hydrogen-bond acceptors (Lipinski definition) is 12. The molecule has 2 bridgehead atoms. The van der Waals surface area contributed by atoms with E-state index in [4.69, 9.17) is 21.1 Å². The lowest BCUT2D eigenvalue weighted by Gasteiger charge is -2.55. The molecule has 4 aromatic rings. The molecule has 6 aliphatic heterocycles. The van der Waals surface area contributed by atoms with Crippen molar-refractivity contribution < 1.29 is 33.4 Å². The van der Waals surface area contributed by atoms with Crippen molar-refractivity contribution in [3.63, 3.8) is 0 Å². The van der Waals surface area contributed by atoms with Crippen LogP contribution in [0.4, 0.5) is 10.6 Å². The van der Waals surface area contributed by atoms with E-state index in [1.165, 1.54) is 6.33 Å². The van der Waals surface area contributed by atoms with Crippen molar-refractivity contribution in [1.82, 2.24) is 50.1 Å². The Bertz CT molecular complexity index is 2800. The van der Waals surface area contributed by atoms with Gasteiger partial charge in [-0.05, 0) is 133 Å². The Morgan fingerprint density at radius 1 is 0.808 bits per heavy atom. The van der Waals surface area contributed by atoms with Crippen molar-refractivity contribution in [3.05, 3.63) is 88.8 Å². The van der Waals surface area contributed by atoms with Crippen molar-refractivity contribution in [2.45, 2.75) is 120 Å². The molecule has 0 spiro atoms. The maximum Gasteiger partial charge on any atom is 0.408 e. The van der Waals surface area contributed by atoms with Gasteiger partial charge in [-0.15, -0.1) is 0 Å². The molecule has 1 unspecified atom stereocenters. The molecule has 2 saturated carbocycles. The van der Waals surface area contributed by atoms with Gasteiger partial charge in [-0.3, -0.25) is 29.0 Å². The molecule has 2 aliphatic carbocycles. The second kappa shape index (κ2) is 22.4. The van der Waals surface area contributed by atoms with E-state index in [1.54, 1.807) is 20.8 Å². The first kappa shape index (κ1) is 54.2. The number of carbonyl (C=O) groups is 5. The van der Waals surface area contributed by atoms with Gasteiger partial charge in [0.1, 0.15) is 28.9 Å². The average molecular weight is 1090 g/mol. The van der Waals surface area contributed by atoms with E-state index in [2.05, 4.69) is 57.3 Å². The molecule has 8 heterocycles. The van der Waals surface area contributed by atoms with Crippen LogP contribution < -0.4 is 15.5 Å². The number of rotatable bonds is 14. The van der Waals surface area contributed by atoms with Gasteiger partial charge in [-0.2, -0.15) is 0 Å². The normalized spacial score (nSPS) is 25.4. The number of carbonyl (C=O) groups excluding carboxylic acids is 5. The summed E-state index contributed by atoms with van der Waals surface area (Å²) in [4.78, 5) is 94.5. The van der Waals surface area contributed by atoms with Gasteiger partial charge >= 0.3 is 6.09 Å². The molecule has 2 atom stereocenters. The Labute approximate surface area is 463 Å². The Balaban J connectivity index is 0.655. The fourth-order valence-corrected chi connectivity index (χ4v) is 13.3. The molecule has 2 aromatic heterocycles. The van der Waals surface area contributed by atoms with Gasteiger partial charge in [-0.25, -0.2) is 14.8 Å². The summed E-state index contributed by atoms with van der Waals surface area (Å²) in [6, 6.07) is 17.2. The Hall–Kier alpha value is -5.82. The molecule has 3 N–H and O–H groups in total. The van der Waals surface area contributed by atoms with Gasteiger partial charge in [0.25, 0.3) is 5.91 Å². The highest BCUT2D eigenvalue weighted by molar-refractivity contribution is 6.30. The molecule has 0 radical (unpaired) electrons. The van der Waals surface area contributed by atoms with Crippen molar-refractivity contribution in [2.75, 3.05) is 103 Å². The number of anilines is 1. The number of halogens is 1.